The number of aryl methyl sites for hydroxylation is 1. The van der Waals surface area contributed by atoms with E-state index in [1.54, 1.807) is 17.9 Å². The molecule has 2 aliphatic heterocycles. The van der Waals surface area contributed by atoms with E-state index in [1.807, 2.05) is 0 Å². The lowest BCUT2D eigenvalue weighted by Crippen LogP contribution is -2.47. The summed E-state index contributed by atoms with van der Waals surface area (Å²) in [7, 11) is 0. The molecule has 108 valence electrons. The van der Waals surface area contributed by atoms with Crippen LogP contribution < -0.4 is 5.32 Å². The molecule has 2 aliphatic rings. The number of aromatic nitrogens is 1. The second kappa shape index (κ2) is 4.82. The molecule has 20 heavy (non-hydrogen) atoms. The van der Waals surface area contributed by atoms with Gasteiger partial charge in [-0.3, -0.25) is 0 Å². The number of rotatable bonds is 2. The normalized spacial score (nSPS) is 24.8. The zero-order valence-electron chi connectivity index (χ0n) is 11.2. The maximum absolute atomic E-state index is 12.2. The fourth-order valence-corrected chi connectivity index (χ4v) is 2.83. The largest absolute Gasteiger partial charge is 0.477 e. The molecule has 2 atom stereocenters. The summed E-state index contributed by atoms with van der Waals surface area (Å²) < 4.78 is 5.67. The van der Waals surface area contributed by atoms with E-state index in [4.69, 9.17) is 9.84 Å². The number of anilines is 1. The number of carbonyl (C=O) groups excluding carboxylic acids is 1. The summed E-state index contributed by atoms with van der Waals surface area (Å²) in [5.41, 5.74) is 1.01. The van der Waals surface area contributed by atoms with Crippen molar-refractivity contribution in [2.24, 2.45) is 0 Å². The van der Waals surface area contributed by atoms with Crippen molar-refractivity contribution in [2.45, 2.75) is 32.0 Å². The van der Waals surface area contributed by atoms with Crippen molar-refractivity contribution in [2.75, 3.05) is 18.4 Å². The third-order valence-corrected chi connectivity index (χ3v) is 3.74. The SMILES string of the molecule is Cc1cc(NC(=O)N2CC3CCC(C2)O3)c(C(=O)O)[nH]1. The van der Waals surface area contributed by atoms with Crippen LogP contribution in [-0.4, -0.2) is 52.3 Å². The molecule has 1 aromatic rings. The van der Waals surface area contributed by atoms with Crippen LogP contribution in [0.15, 0.2) is 6.07 Å². The number of morpholine rings is 1. The molecule has 3 rings (SSSR count). The summed E-state index contributed by atoms with van der Waals surface area (Å²) in [5.74, 6) is -1.09. The molecule has 2 fully saturated rings. The van der Waals surface area contributed by atoms with Gasteiger partial charge in [-0.15, -0.1) is 0 Å². The van der Waals surface area contributed by atoms with Crippen LogP contribution in [0.3, 0.4) is 0 Å². The van der Waals surface area contributed by atoms with Crippen LogP contribution in [0, 0.1) is 6.92 Å². The van der Waals surface area contributed by atoms with E-state index in [9.17, 15) is 9.59 Å². The minimum atomic E-state index is -1.09. The molecule has 0 aromatic carbocycles. The van der Waals surface area contributed by atoms with Gasteiger partial charge in [0.25, 0.3) is 0 Å². The Bertz CT molecular complexity index is 542. The van der Waals surface area contributed by atoms with E-state index in [2.05, 4.69) is 10.3 Å². The fourth-order valence-electron chi connectivity index (χ4n) is 2.83. The molecule has 3 N–H and O–H groups in total. The van der Waals surface area contributed by atoms with Gasteiger partial charge in [-0.05, 0) is 25.8 Å². The number of likely N-dealkylation sites (tertiary alicyclic amines) is 1. The van der Waals surface area contributed by atoms with Gasteiger partial charge in [0.1, 0.15) is 5.69 Å². The molecular weight excluding hydrogens is 262 g/mol. The number of aromatic carboxylic acids is 1. The number of H-pyrrole nitrogens is 1. The molecule has 2 bridgehead atoms. The van der Waals surface area contributed by atoms with Crippen LogP contribution in [0.2, 0.25) is 0 Å². The van der Waals surface area contributed by atoms with E-state index in [-0.39, 0.29) is 23.9 Å². The average Bonchev–Trinajstić information content (AvgIpc) is 2.92. The summed E-state index contributed by atoms with van der Waals surface area (Å²) >= 11 is 0. The number of hydrogen-bond acceptors (Lipinski definition) is 3. The lowest BCUT2D eigenvalue weighted by atomic mass is 10.2. The Morgan fingerprint density at radius 2 is 2.05 bits per heavy atom. The van der Waals surface area contributed by atoms with Crippen LogP contribution in [0.4, 0.5) is 10.5 Å². The Kier molecular flexibility index (Phi) is 3.13. The highest BCUT2D eigenvalue weighted by molar-refractivity contribution is 5.99. The highest BCUT2D eigenvalue weighted by atomic mass is 16.5. The van der Waals surface area contributed by atoms with Gasteiger partial charge in [-0.2, -0.15) is 0 Å². The van der Waals surface area contributed by atoms with Gasteiger partial charge in [0.2, 0.25) is 0 Å². The molecule has 0 spiro atoms. The summed E-state index contributed by atoms with van der Waals surface area (Å²) in [6.45, 7) is 2.87. The monoisotopic (exact) mass is 279 g/mol. The molecule has 7 nitrogen and oxygen atoms in total. The van der Waals surface area contributed by atoms with Crippen LogP contribution in [0.25, 0.3) is 0 Å². The number of nitrogens with one attached hydrogen (secondary N) is 2. The number of amides is 2. The number of carbonyl (C=O) groups is 2. The average molecular weight is 279 g/mol. The van der Waals surface area contributed by atoms with Crippen molar-refractivity contribution in [3.05, 3.63) is 17.5 Å². The molecule has 0 radical (unpaired) electrons. The third-order valence-electron chi connectivity index (χ3n) is 3.74. The molecule has 3 heterocycles. The summed E-state index contributed by atoms with van der Waals surface area (Å²) in [6.07, 6.45) is 2.20. The first-order chi connectivity index (χ1) is 9.52. The second-order valence-electron chi connectivity index (χ2n) is 5.34. The van der Waals surface area contributed by atoms with Crippen molar-refractivity contribution < 1.29 is 19.4 Å². The van der Waals surface area contributed by atoms with Crippen LogP contribution in [-0.2, 0) is 4.74 Å². The van der Waals surface area contributed by atoms with Crippen molar-refractivity contribution in [1.82, 2.24) is 9.88 Å². The minimum Gasteiger partial charge on any atom is -0.477 e. The van der Waals surface area contributed by atoms with E-state index < -0.39 is 5.97 Å². The van der Waals surface area contributed by atoms with Crippen LogP contribution in [0.1, 0.15) is 29.0 Å². The summed E-state index contributed by atoms with van der Waals surface area (Å²) in [6, 6.07) is 1.35. The van der Waals surface area contributed by atoms with Crippen LogP contribution >= 0.6 is 0 Å². The second-order valence-corrected chi connectivity index (χ2v) is 5.34. The molecule has 2 unspecified atom stereocenters. The zero-order valence-corrected chi connectivity index (χ0v) is 11.2. The van der Waals surface area contributed by atoms with E-state index in [1.165, 1.54) is 0 Å². The lowest BCUT2D eigenvalue weighted by molar-refractivity contribution is -0.0219. The van der Waals surface area contributed by atoms with Gasteiger partial charge in [-0.1, -0.05) is 0 Å². The number of nitrogens with zero attached hydrogens (tertiary/aromatic N) is 1. The van der Waals surface area contributed by atoms with E-state index >= 15 is 0 Å². The van der Waals surface area contributed by atoms with E-state index in [0.29, 0.717) is 24.5 Å². The van der Waals surface area contributed by atoms with Gasteiger partial charge in [0.15, 0.2) is 0 Å². The number of fused-ring (bicyclic) bond motifs is 2. The number of hydrogen-bond donors (Lipinski definition) is 3. The first-order valence-electron chi connectivity index (χ1n) is 6.67. The Balaban J connectivity index is 1.71. The molecule has 7 heteroatoms. The van der Waals surface area contributed by atoms with Crippen molar-refractivity contribution in [1.29, 1.82) is 0 Å². The molecule has 2 amide bonds. The molecule has 1 aromatic heterocycles. The summed E-state index contributed by atoms with van der Waals surface area (Å²) in [4.78, 5) is 27.7. The number of aromatic amines is 1. The smallest absolute Gasteiger partial charge is 0.354 e. The van der Waals surface area contributed by atoms with Crippen molar-refractivity contribution >= 4 is 17.7 Å². The van der Waals surface area contributed by atoms with Gasteiger partial charge >= 0.3 is 12.0 Å². The van der Waals surface area contributed by atoms with Crippen molar-refractivity contribution in [3.8, 4) is 0 Å². The maximum Gasteiger partial charge on any atom is 0.354 e. The number of urea groups is 1. The van der Waals surface area contributed by atoms with Gasteiger partial charge in [0.05, 0.1) is 17.9 Å². The number of carboxylic acids is 1. The first kappa shape index (κ1) is 13.0. The Morgan fingerprint density at radius 3 is 2.65 bits per heavy atom. The van der Waals surface area contributed by atoms with Gasteiger partial charge in [-0.25, -0.2) is 9.59 Å². The van der Waals surface area contributed by atoms with Gasteiger partial charge in [0, 0.05) is 18.8 Å². The fraction of sp³-hybridized carbons (Fsp3) is 0.538. The maximum atomic E-state index is 12.2. The Labute approximate surface area is 115 Å². The first-order valence-corrected chi connectivity index (χ1v) is 6.67. The van der Waals surface area contributed by atoms with Crippen molar-refractivity contribution in [3.63, 3.8) is 0 Å². The lowest BCUT2D eigenvalue weighted by Gasteiger charge is -2.32. The Hall–Kier alpha value is -2.02. The number of ether oxygens (including phenoxy) is 1. The topological polar surface area (TPSA) is 94.7 Å². The van der Waals surface area contributed by atoms with E-state index in [0.717, 1.165) is 12.8 Å². The third kappa shape index (κ3) is 2.36. The number of carboxylic acid groups (broad SMARTS) is 1. The highest BCUT2D eigenvalue weighted by Crippen LogP contribution is 2.27. The molecule has 0 aliphatic carbocycles. The summed E-state index contributed by atoms with van der Waals surface area (Å²) in [5, 5.41) is 11.8. The van der Waals surface area contributed by atoms with Gasteiger partial charge < -0.3 is 25.0 Å². The minimum absolute atomic E-state index is 0.00656. The predicted molar refractivity (Wildman–Crippen MR) is 71.0 cm³/mol. The molecular formula is C13H17N3O4. The molecule has 2 saturated heterocycles. The standard InChI is InChI=1S/C13H17N3O4/c1-7-4-10(11(14-7)12(17)18)15-13(19)16-5-8-2-3-9(6-16)20-8/h4,8-9,14H,2-3,5-6H2,1H3,(H,15,19)(H,17,18). The quantitative estimate of drug-likeness (QED) is 0.763. The Morgan fingerprint density at radius 1 is 1.40 bits per heavy atom. The molecule has 0 saturated carbocycles. The predicted octanol–water partition coefficient (Wildman–Crippen LogP) is 1.42. The zero-order chi connectivity index (χ0) is 14.3. The highest BCUT2D eigenvalue weighted by Gasteiger charge is 2.36. The van der Waals surface area contributed by atoms with Crippen LogP contribution in [0.5, 0.6) is 0 Å².